The first kappa shape index (κ1) is 18.9. The summed E-state index contributed by atoms with van der Waals surface area (Å²) in [7, 11) is 0. The monoisotopic (exact) mass is 399 g/mol. The molecule has 1 N–H and O–H groups in total. The van der Waals surface area contributed by atoms with Crippen LogP contribution in [0.5, 0.6) is 0 Å². The molecule has 2 aromatic rings. The fraction of sp³-hybridized carbons (Fsp3) is 0.360. The molecule has 2 aliphatic heterocycles. The highest BCUT2D eigenvalue weighted by Gasteiger charge is 2.30. The SMILES string of the molecule is C[C@@H](NC(=O)C1=Nc2cc3c(cc2C1)CN=C3C1CCC(=O)CC1)c1ccccc1. The van der Waals surface area contributed by atoms with Gasteiger partial charge in [-0.15, -0.1) is 0 Å². The Labute approximate surface area is 176 Å². The van der Waals surface area contributed by atoms with Crippen molar-refractivity contribution in [2.75, 3.05) is 0 Å². The average Bonchev–Trinajstić information content (AvgIpc) is 3.37. The largest absolute Gasteiger partial charge is 0.344 e. The van der Waals surface area contributed by atoms with Gasteiger partial charge in [-0.2, -0.15) is 0 Å². The van der Waals surface area contributed by atoms with E-state index in [4.69, 9.17) is 4.99 Å². The number of hydrogen-bond donors (Lipinski definition) is 1. The summed E-state index contributed by atoms with van der Waals surface area (Å²) >= 11 is 0. The van der Waals surface area contributed by atoms with Crippen molar-refractivity contribution < 1.29 is 9.59 Å². The van der Waals surface area contributed by atoms with Crippen molar-refractivity contribution in [3.05, 3.63) is 64.7 Å². The van der Waals surface area contributed by atoms with Crippen LogP contribution in [0.25, 0.3) is 0 Å². The Kier molecular flexibility index (Phi) is 4.81. The molecule has 1 aliphatic carbocycles. The van der Waals surface area contributed by atoms with E-state index in [2.05, 4.69) is 22.4 Å². The predicted octanol–water partition coefficient (Wildman–Crippen LogP) is 4.25. The topological polar surface area (TPSA) is 70.9 Å². The van der Waals surface area contributed by atoms with Crippen molar-refractivity contribution in [2.45, 2.75) is 51.6 Å². The molecule has 0 radical (unpaired) electrons. The smallest absolute Gasteiger partial charge is 0.266 e. The van der Waals surface area contributed by atoms with Crippen molar-refractivity contribution in [1.29, 1.82) is 0 Å². The van der Waals surface area contributed by atoms with Crippen molar-refractivity contribution in [2.24, 2.45) is 15.9 Å². The molecule has 5 nitrogen and oxygen atoms in total. The summed E-state index contributed by atoms with van der Waals surface area (Å²) in [5.74, 6) is 0.619. The van der Waals surface area contributed by atoms with E-state index in [0.717, 1.165) is 40.9 Å². The van der Waals surface area contributed by atoms with Gasteiger partial charge in [-0.1, -0.05) is 36.4 Å². The standard InChI is InChI=1S/C25H25N3O2/c1-15(16-5-3-2-4-6-16)27-25(30)23-12-18-11-19-14-26-24(21(19)13-22(18)28-23)17-7-9-20(29)10-8-17/h2-6,11,13,15,17H,7-10,12,14H2,1H3,(H,27,30)/t15-/m1/s1. The molecule has 0 spiro atoms. The second kappa shape index (κ2) is 7.63. The third kappa shape index (κ3) is 3.49. The fourth-order valence-corrected chi connectivity index (χ4v) is 4.72. The van der Waals surface area contributed by atoms with E-state index in [1.165, 1.54) is 5.56 Å². The molecular formula is C25H25N3O2. The van der Waals surface area contributed by atoms with Crippen LogP contribution in [-0.2, 0) is 22.6 Å². The number of carbonyl (C=O) groups excluding carboxylic acids is 2. The van der Waals surface area contributed by atoms with E-state index in [9.17, 15) is 9.59 Å². The van der Waals surface area contributed by atoms with Gasteiger partial charge in [0, 0.05) is 36.5 Å². The first-order valence-corrected chi connectivity index (χ1v) is 10.7. The maximum atomic E-state index is 12.8. The molecule has 0 aromatic heterocycles. The molecule has 0 unspecified atom stereocenters. The third-order valence-electron chi connectivity index (χ3n) is 6.45. The summed E-state index contributed by atoms with van der Waals surface area (Å²) in [6.07, 6.45) is 3.66. The number of nitrogens with zero attached hydrogens (tertiary/aromatic N) is 2. The molecule has 1 fully saturated rings. The quantitative estimate of drug-likeness (QED) is 0.835. The number of rotatable bonds is 4. The Morgan fingerprint density at radius 1 is 1.10 bits per heavy atom. The Balaban J connectivity index is 1.33. The van der Waals surface area contributed by atoms with Crippen LogP contribution in [0.2, 0.25) is 0 Å². The van der Waals surface area contributed by atoms with Gasteiger partial charge in [0.1, 0.15) is 11.5 Å². The summed E-state index contributed by atoms with van der Waals surface area (Å²) in [6, 6.07) is 14.2. The molecule has 1 atom stereocenters. The molecular weight excluding hydrogens is 374 g/mol. The van der Waals surface area contributed by atoms with E-state index in [0.29, 0.717) is 43.2 Å². The van der Waals surface area contributed by atoms with Gasteiger partial charge < -0.3 is 5.32 Å². The first-order chi connectivity index (χ1) is 14.6. The van der Waals surface area contributed by atoms with E-state index in [1.54, 1.807) is 0 Å². The molecule has 2 aromatic carbocycles. The van der Waals surface area contributed by atoms with Gasteiger partial charge in [0.25, 0.3) is 5.91 Å². The maximum Gasteiger partial charge on any atom is 0.266 e. The maximum absolute atomic E-state index is 12.8. The highest BCUT2D eigenvalue weighted by atomic mass is 16.2. The summed E-state index contributed by atoms with van der Waals surface area (Å²) in [4.78, 5) is 33.9. The Morgan fingerprint density at radius 3 is 2.63 bits per heavy atom. The lowest BCUT2D eigenvalue weighted by Gasteiger charge is -2.21. The molecule has 152 valence electrons. The van der Waals surface area contributed by atoms with E-state index in [1.807, 2.05) is 37.3 Å². The zero-order valence-electron chi connectivity index (χ0n) is 17.1. The van der Waals surface area contributed by atoms with Gasteiger partial charge >= 0.3 is 0 Å². The predicted molar refractivity (Wildman–Crippen MR) is 117 cm³/mol. The van der Waals surface area contributed by atoms with Crippen LogP contribution < -0.4 is 5.32 Å². The van der Waals surface area contributed by atoms with Crippen molar-refractivity contribution in [1.82, 2.24) is 5.32 Å². The van der Waals surface area contributed by atoms with E-state index < -0.39 is 0 Å². The average molecular weight is 399 g/mol. The second-order valence-corrected chi connectivity index (χ2v) is 8.49. The Bertz CT molecular complexity index is 1080. The van der Waals surface area contributed by atoms with Crippen LogP contribution >= 0.6 is 0 Å². The molecule has 1 amide bonds. The number of nitrogens with one attached hydrogen (secondary N) is 1. The minimum absolute atomic E-state index is 0.0668. The molecule has 2 heterocycles. The highest BCUT2D eigenvalue weighted by molar-refractivity contribution is 6.41. The van der Waals surface area contributed by atoms with Crippen LogP contribution in [0.1, 0.15) is 60.9 Å². The van der Waals surface area contributed by atoms with Gasteiger partial charge in [-0.25, -0.2) is 4.99 Å². The Hall–Kier alpha value is -3.08. The molecule has 0 saturated heterocycles. The van der Waals surface area contributed by atoms with E-state index in [-0.39, 0.29) is 11.9 Å². The summed E-state index contributed by atoms with van der Waals surface area (Å²) in [6.45, 7) is 2.68. The van der Waals surface area contributed by atoms with Crippen molar-refractivity contribution >= 4 is 28.8 Å². The summed E-state index contributed by atoms with van der Waals surface area (Å²) < 4.78 is 0. The minimum Gasteiger partial charge on any atom is -0.344 e. The molecule has 1 saturated carbocycles. The van der Waals surface area contributed by atoms with Crippen LogP contribution in [0, 0.1) is 5.92 Å². The third-order valence-corrected chi connectivity index (χ3v) is 6.45. The zero-order chi connectivity index (χ0) is 20.7. The summed E-state index contributed by atoms with van der Waals surface area (Å²) in [5.41, 5.74) is 7.14. The minimum atomic E-state index is -0.109. The molecule has 5 rings (SSSR count). The number of benzene rings is 2. The Morgan fingerprint density at radius 2 is 1.87 bits per heavy atom. The molecule has 30 heavy (non-hydrogen) atoms. The van der Waals surface area contributed by atoms with Gasteiger partial charge in [-0.3, -0.25) is 14.6 Å². The van der Waals surface area contributed by atoms with Gasteiger partial charge in [0.15, 0.2) is 0 Å². The van der Waals surface area contributed by atoms with Crippen LogP contribution in [0.3, 0.4) is 0 Å². The van der Waals surface area contributed by atoms with Crippen molar-refractivity contribution in [3.8, 4) is 0 Å². The van der Waals surface area contributed by atoms with Crippen molar-refractivity contribution in [3.63, 3.8) is 0 Å². The number of hydrogen-bond acceptors (Lipinski definition) is 4. The number of carbonyl (C=O) groups is 2. The first-order valence-electron chi connectivity index (χ1n) is 10.7. The fourth-order valence-electron chi connectivity index (χ4n) is 4.72. The molecule has 3 aliphatic rings. The lowest BCUT2D eigenvalue weighted by molar-refractivity contribution is -0.120. The normalized spacial score (nSPS) is 19.0. The number of fused-ring (bicyclic) bond motifs is 2. The highest BCUT2D eigenvalue weighted by Crippen LogP contribution is 2.37. The zero-order valence-corrected chi connectivity index (χ0v) is 17.1. The second-order valence-electron chi connectivity index (χ2n) is 8.49. The van der Waals surface area contributed by atoms with Gasteiger partial charge in [0.05, 0.1) is 18.3 Å². The molecule has 0 bridgehead atoms. The van der Waals surface area contributed by atoms with Crippen LogP contribution in [0.15, 0.2) is 52.4 Å². The van der Waals surface area contributed by atoms with Crippen LogP contribution in [0.4, 0.5) is 5.69 Å². The van der Waals surface area contributed by atoms with E-state index >= 15 is 0 Å². The molecule has 5 heteroatoms. The number of aliphatic imine (C=N–C) groups is 2. The lowest BCUT2D eigenvalue weighted by atomic mass is 9.82. The summed E-state index contributed by atoms with van der Waals surface area (Å²) in [5, 5.41) is 3.07. The van der Waals surface area contributed by atoms with Gasteiger partial charge in [-0.05, 0) is 42.5 Å². The number of Topliss-reactive ketones (excluding diaryl/α,β-unsaturated/α-hetero) is 1. The number of amides is 1. The number of ketones is 1. The van der Waals surface area contributed by atoms with Gasteiger partial charge in [0.2, 0.25) is 0 Å². The van der Waals surface area contributed by atoms with Crippen LogP contribution in [-0.4, -0.2) is 23.1 Å². The lowest BCUT2D eigenvalue weighted by Crippen LogP contribution is -2.33.